The van der Waals surface area contributed by atoms with Gasteiger partial charge in [0, 0.05) is 0 Å². The van der Waals surface area contributed by atoms with Crippen LogP contribution in [0.15, 0.2) is 12.2 Å². The minimum absolute atomic E-state index is 0.443. The smallest absolute Gasteiger partial charge is 0.0234 e. The second-order valence-corrected chi connectivity index (χ2v) is 5.45. The fourth-order valence-corrected chi connectivity index (χ4v) is 1.76. The van der Waals surface area contributed by atoms with Gasteiger partial charge in [-0.2, -0.15) is 0 Å². The van der Waals surface area contributed by atoms with Crippen molar-refractivity contribution in [3.05, 3.63) is 12.2 Å². The molecular formula is C13H26. The maximum absolute atomic E-state index is 4.02. The number of rotatable bonds is 4. The fraction of sp³-hybridized carbons (Fsp3) is 0.846. The summed E-state index contributed by atoms with van der Waals surface area (Å²) in [4.78, 5) is 0. The molecule has 0 spiro atoms. The Balaban J connectivity index is 4.22. The number of hydrogen-bond acceptors (Lipinski definition) is 0. The van der Waals surface area contributed by atoms with E-state index in [0.29, 0.717) is 11.3 Å². The average molecular weight is 182 g/mol. The Hall–Kier alpha value is -0.260. The average Bonchev–Trinajstić information content (AvgIpc) is 1.96. The molecule has 0 bridgehead atoms. The zero-order chi connectivity index (χ0) is 10.6. The first-order valence-electron chi connectivity index (χ1n) is 5.44. The molecule has 13 heavy (non-hydrogen) atoms. The minimum atomic E-state index is 0.443. The fourth-order valence-electron chi connectivity index (χ4n) is 1.76. The van der Waals surface area contributed by atoms with Crippen LogP contribution in [0.5, 0.6) is 0 Å². The summed E-state index contributed by atoms with van der Waals surface area (Å²) >= 11 is 0. The summed E-state index contributed by atoms with van der Waals surface area (Å²) in [6, 6.07) is 0. The van der Waals surface area contributed by atoms with Gasteiger partial charge < -0.3 is 0 Å². The summed E-state index contributed by atoms with van der Waals surface area (Å²) in [5.74, 6) is 1.49. The third-order valence-corrected chi connectivity index (χ3v) is 3.20. The first-order chi connectivity index (χ1) is 5.79. The molecule has 0 fully saturated rings. The second kappa shape index (κ2) is 4.83. The first kappa shape index (κ1) is 12.7. The number of allylic oxidation sites excluding steroid dienone is 1. The Morgan fingerprint density at radius 1 is 1.31 bits per heavy atom. The predicted octanol–water partition coefficient (Wildman–Crippen LogP) is 4.66. The zero-order valence-corrected chi connectivity index (χ0v) is 10.3. The molecule has 0 aliphatic heterocycles. The van der Waals surface area contributed by atoms with E-state index < -0.39 is 0 Å². The van der Waals surface area contributed by atoms with Crippen LogP contribution in [-0.4, -0.2) is 0 Å². The van der Waals surface area contributed by atoms with E-state index in [1.54, 1.807) is 0 Å². The van der Waals surface area contributed by atoms with Crippen LogP contribution in [0.1, 0.15) is 54.4 Å². The lowest BCUT2D eigenvalue weighted by Crippen LogP contribution is -2.22. The van der Waals surface area contributed by atoms with Crippen molar-refractivity contribution >= 4 is 0 Å². The molecule has 0 aliphatic carbocycles. The normalized spacial score (nSPS) is 16.8. The Bertz CT molecular complexity index is 159. The van der Waals surface area contributed by atoms with Crippen LogP contribution in [-0.2, 0) is 0 Å². The summed E-state index contributed by atoms with van der Waals surface area (Å²) in [5, 5.41) is 0. The van der Waals surface area contributed by atoms with Gasteiger partial charge in [0.1, 0.15) is 0 Å². The monoisotopic (exact) mass is 182 g/mol. The van der Waals surface area contributed by atoms with Crippen molar-refractivity contribution in [2.24, 2.45) is 17.3 Å². The summed E-state index contributed by atoms with van der Waals surface area (Å²) in [6.07, 6.45) is 2.57. The molecular weight excluding hydrogens is 156 g/mol. The van der Waals surface area contributed by atoms with Crippen LogP contribution in [0.4, 0.5) is 0 Å². The summed E-state index contributed by atoms with van der Waals surface area (Å²) in [5.41, 5.74) is 1.76. The maximum Gasteiger partial charge on any atom is -0.0234 e. The first-order valence-corrected chi connectivity index (χ1v) is 5.44. The summed E-state index contributed by atoms with van der Waals surface area (Å²) < 4.78 is 0. The number of hydrogen-bond donors (Lipinski definition) is 0. The molecule has 0 N–H and O–H groups in total. The Morgan fingerprint density at radius 2 is 1.77 bits per heavy atom. The van der Waals surface area contributed by atoms with Gasteiger partial charge in [0.15, 0.2) is 0 Å². The molecule has 0 heteroatoms. The van der Waals surface area contributed by atoms with Gasteiger partial charge in [-0.15, -0.1) is 0 Å². The molecule has 2 unspecified atom stereocenters. The van der Waals surface area contributed by atoms with Crippen LogP contribution < -0.4 is 0 Å². The molecule has 0 amide bonds. The quantitative estimate of drug-likeness (QED) is 0.555. The van der Waals surface area contributed by atoms with Gasteiger partial charge in [0.05, 0.1) is 0 Å². The molecule has 0 saturated carbocycles. The summed E-state index contributed by atoms with van der Waals surface area (Å²) in [7, 11) is 0. The van der Waals surface area contributed by atoms with Crippen LogP contribution in [0, 0.1) is 17.3 Å². The standard InChI is InChI=1S/C13H26/c1-8-12(13(5,6)7)9-11(4)10(2)3/h11-12H,2,8-9H2,1,3-7H3. The van der Waals surface area contributed by atoms with E-state index in [1.807, 2.05) is 0 Å². The third kappa shape index (κ3) is 4.50. The van der Waals surface area contributed by atoms with Gasteiger partial charge in [-0.25, -0.2) is 0 Å². The maximum atomic E-state index is 4.02. The predicted molar refractivity (Wildman–Crippen MR) is 61.8 cm³/mol. The molecule has 0 saturated heterocycles. The van der Waals surface area contributed by atoms with Crippen molar-refractivity contribution in [2.45, 2.75) is 54.4 Å². The van der Waals surface area contributed by atoms with E-state index in [9.17, 15) is 0 Å². The highest BCUT2D eigenvalue weighted by Gasteiger charge is 2.24. The van der Waals surface area contributed by atoms with E-state index >= 15 is 0 Å². The van der Waals surface area contributed by atoms with E-state index in [4.69, 9.17) is 0 Å². The Labute approximate surface area is 84.4 Å². The SMILES string of the molecule is C=C(C)C(C)CC(CC)C(C)(C)C. The van der Waals surface area contributed by atoms with Gasteiger partial charge >= 0.3 is 0 Å². The van der Waals surface area contributed by atoms with Crippen LogP contribution in [0.3, 0.4) is 0 Å². The molecule has 0 aromatic carbocycles. The third-order valence-electron chi connectivity index (χ3n) is 3.20. The van der Waals surface area contributed by atoms with Gasteiger partial charge in [-0.3, -0.25) is 0 Å². The van der Waals surface area contributed by atoms with Crippen molar-refractivity contribution in [1.29, 1.82) is 0 Å². The van der Waals surface area contributed by atoms with Crippen LogP contribution in [0.25, 0.3) is 0 Å². The molecule has 0 rings (SSSR count). The van der Waals surface area contributed by atoms with Gasteiger partial charge in [0.2, 0.25) is 0 Å². The van der Waals surface area contributed by atoms with Crippen molar-refractivity contribution < 1.29 is 0 Å². The molecule has 0 aromatic heterocycles. The topological polar surface area (TPSA) is 0 Å². The molecule has 0 nitrogen and oxygen atoms in total. The second-order valence-electron chi connectivity index (χ2n) is 5.45. The van der Waals surface area contributed by atoms with E-state index in [0.717, 1.165) is 5.92 Å². The Kier molecular flexibility index (Phi) is 4.74. The lowest BCUT2D eigenvalue weighted by Gasteiger charge is -2.32. The van der Waals surface area contributed by atoms with Crippen molar-refractivity contribution in [2.75, 3.05) is 0 Å². The van der Waals surface area contributed by atoms with Gasteiger partial charge in [-0.05, 0) is 30.6 Å². The van der Waals surface area contributed by atoms with E-state index in [2.05, 4.69) is 48.1 Å². The highest BCUT2D eigenvalue weighted by molar-refractivity contribution is 4.95. The van der Waals surface area contributed by atoms with Crippen LogP contribution >= 0.6 is 0 Å². The zero-order valence-electron chi connectivity index (χ0n) is 10.3. The molecule has 0 heterocycles. The lowest BCUT2D eigenvalue weighted by molar-refractivity contribution is 0.201. The van der Waals surface area contributed by atoms with Gasteiger partial charge in [0.25, 0.3) is 0 Å². The lowest BCUT2D eigenvalue weighted by atomic mass is 9.74. The Morgan fingerprint density at radius 3 is 2.00 bits per heavy atom. The van der Waals surface area contributed by atoms with Gasteiger partial charge in [-0.1, -0.05) is 53.2 Å². The highest BCUT2D eigenvalue weighted by Crippen LogP contribution is 2.34. The largest absolute Gasteiger partial charge is 0.0999 e. The minimum Gasteiger partial charge on any atom is -0.0999 e. The van der Waals surface area contributed by atoms with Crippen LogP contribution in [0.2, 0.25) is 0 Å². The molecule has 2 atom stereocenters. The highest BCUT2D eigenvalue weighted by atomic mass is 14.3. The molecule has 78 valence electrons. The van der Waals surface area contributed by atoms with Crippen molar-refractivity contribution in [1.82, 2.24) is 0 Å². The van der Waals surface area contributed by atoms with Crippen molar-refractivity contribution in [3.63, 3.8) is 0 Å². The van der Waals surface area contributed by atoms with E-state index in [1.165, 1.54) is 18.4 Å². The van der Waals surface area contributed by atoms with E-state index in [-0.39, 0.29) is 0 Å². The summed E-state index contributed by atoms with van der Waals surface area (Å²) in [6.45, 7) is 17.8. The van der Waals surface area contributed by atoms with Crippen molar-refractivity contribution in [3.8, 4) is 0 Å². The molecule has 0 radical (unpaired) electrons. The molecule has 0 aromatic rings. The molecule has 0 aliphatic rings.